The van der Waals surface area contributed by atoms with Crippen LogP contribution in [-0.2, 0) is 14.8 Å². The minimum atomic E-state index is -4.66. The topological polar surface area (TPSA) is 67.4 Å². The van der Waals surface area contributed by atoms with Gasteiger partial charge in [-0.2, -0.15) is 8.78 Å². The van der Waals surface area contributed by atoms with E-state index >= 15 is 0 Å². The van der Waals surface area contributed by atoms with Crippen molar-refractivity contribution in [3.63, 3.8) is 0 Å². The van der Waals surface area contributed by atoms with E-state index in [4.69, 9.17) is 27.9 Å². The van der Waals surface area contributed by atoms with Crippen LogP contribution in [0.2, 0.25) is 10.0 Å². The molecule has 130 valence electrons. The number of alkyl halides is 2. The lowest BCUT2D eigenvalue weighted by Gasteiger charge is -2.25. The van der Waals surface area contributed by atoms with Crippen LogP contribution in [0.25, 0.3) is 0 Å². The second-order valence-electron chi connectivity index (χ2n) is 5.05. The van der Waals surface area contributed by atoms with Crippen LogP contribution in [0.5, 0.6) is 0 Å². The van der Waals surface area contributed by atoms with Crippen molar-refractivity contribution in [1.29, 1.82) is 0 Å². The van der Waals surface area contributed by atoms with E-state index < -0.39 is 21.9 Å². The number of sulfonamides is 1. The highest BCUT2D eigenvalue weighted by molar-refractivity contribution is 7.89. The van der Waals surface area contributed by atoms with Crippen LogP contribution in [0.1, 0.15) is 11.5 Å². The Morgan fingerprint density at radius 1 is 1.35 bits per heavy atom. The Morgan fingerprint density at radius 3 is 2.74 bits per heavy atom. The molecule has 0 amide bonds. The molecule has 1 heterocycles. The molecule has 0 spiro atoms. The van der Waals surface area contributed by atoms with Gasteiger partial charge in [-0.1, -0.05) is 29.3 Å². The van der Waals surface area contributed by atoms with E-state index in [0.717, 1.165) is 5.56 Å². The van der Waals surface area contributed by atoms with Gasteiger partial charge >= 0.3 is 5.76 Å². The Labute approximate surface area is 143 Å². The number of nitrogens with one attached hydrogen (secondary N) is 2. The molecule has 2 rings (SSSR count). The predicted octanol–water partition coefficient (Wildman–Crippen LogP) is 2.21. The fourth-order valence-electron chi connectivity index (χ4n) is 2.33. The van der Waals surface area contributed by atoms with Gasteiger partial charge in [-0.25, -0.2) is 13.1 Å². The maximum atomic E-state index is 12.4. The summed E-state index contributed by atoms with van der Waals surface area (Å²) in [6.45, 7) is 1.17. The van der Waals surface area contributed by atoms with Gasteiger partial charge in [0.25, 0.3) is 10.0 Å². The van der Waals surface area contributed by atoms with Crippen LogP contribution >= 0.6 is 23.2 Å². The monoisotopic (exact) mass is 388 g/mol. The molecule has 0 radical (unpaired) electrons. The Bertz CT molecular complexity index is 646. The highest BCUT2D eigenvalue weighted by Gasteiger charge is 2.30. The molecule has 2 atom stereocenters. The maximum Gasteiger partial charge on any atom is 0.350 e. The van der Waals surface area contributed by atoms with Crippen LogP contribution in [0.4, 0.5) is 8.78 Å². The average molecular weight is 389 g/mol. The molecule has 0 aromatic heterocycles. The summed E-state index contributed by atoms with van der Waals surface area (Å²) >= 11 is 11.9. The lowest BCUT2D eigenvalue weighted by molar-refractivity contribution is 0.0556. The Kier molecular flexibility index (Phi) is 6.58. The summed E-state index contributed by atoms with van der Waals surface area (Å²) in [5.74, 6) is -3.73. The lowest BCUT2D eigenvalue weighted by Crippen LogP contribution is -2.40. The molecule has 0 bridgehead atoms. The van der Waals surface area contributed by atoms with E-state index in [1.165, 1.54) is 0 Å². The molecule has 2 N–H and O–H groups in total. The molecule has 10 heteroatoms. The van der Waals surface area contributed by atoms with Crippen LogP contribution in [0, 0.1) is 0 Å². The van der Waals surface area contributed by atoms with E-state index in [-0.39, 0.29) is 12.5 Å². The van der Waals surface area contributed by atoms with Gasteiger partial charge in [-0.15, -0.1) is 0 Å². The van der Waals surface area contributed by atoms with Crippen molar-refractivity contribution in [2.24, 2.45) is 0 Å². The average Bonchev–Trinajstić information content (AvgIpc) is 2.73. The van der Waals surface area contributed by atoms with E-state index in [1.807, 2.05) is 4.72 Å². The van der Waals surface area contributed by atoms with Gasteiger partial charge in [0.1, 0.15) is 0 Å². The number of benzene rings is 1. The summed E-state index contributed by atoms with van der Waals surface area (Å²) in [4.78, 5) is 0. The molecule has 1 aliphatic rings. The van der Waals surface area contributed by atoms with Crippen LogP contribution in [0.15, 0.2) is 18.2 Å². The number of hydrogen-bond acceptors (Lipinski definition) is 4. The number of hydrogen-bond donors (Lipinski definition) is 2. The zero-order valence-corrected chi connectivity index (χ0v) is 14.3. The first-order valence-corrected chi connectivity index (χ1v) is 9.15. The normalized spacial score (nSPS) is 23.0. The molecule has 1 aromatic rings. The minimum Gasteiger partial charge on any atom is -0.375 e. The summed E-state index contributed by atoms with van der Waals surface area (Å²) in [6.07, 6.45) is -0.601. The van der Waals surface area contributed by atoms with Crippen molar-refractivity contribution in [3.8, 4) is 0 Å². The smallest absolute Gasteiger partial charge is 0.350 e. The maximum absolute atomic E-state index is 12.4. The number of ether oxygens (including phenoxy) is 1. The molecule has 1 aliphatic heterocycles. The van der Waals surface area contributed by atoms with Crippen molar-refractivity contribution in [2.45, 2.75) is 17.8 Å². The van der Waals surface area contributed by atoms with E-state index in [2.05, 4.69) is 5.32 Å². The number of halogens is 4. The third-order valence-corrected chi connectivity index (χ3v) is 5.29. The summed E-state index contributed by atoms with van der Waals surface area (Å²) < 4.78 is 54.8. The Hall–Kier alpha value is -0.510. The molecule has 1 aromatic carbocycles. The quantitative estimate of drug-likeness (QED) is 0.811. The van der Waals surface area contributed by atoms with Gasteiger partial charge in [-0.3, -0.25) is 0 Å². The van der Waals surface area contributed by atoms with Crippen LogP contribution in [-0.4, -0.2) is 46.5 Å². The highest BCUT2D eigenvalue weighted by atomic mass is 35.5. The largest absolute Gasteiger partial charge is 0.375 e. The van der Waals surface area contributed by atoms with Crippen molar-refractivity contribution in [1.82, 2.24) is 10.0 Å². The van der Waals surface area contributed by atoms with E-state index in [1.54, 1.807) is 18.2 Å². The zero-order valence-electron chi connectivity index (χ0n) is 11.9. The first kappa shape index (κ1) is 18.8. The van der Waals surface area contributed by atoms with Crippen molar-refractivity contribution in [3.05, 3.63) is 33.8 Å². The molecule has 0 saturated carbocycles. The highest BCUT2D eigenvalue weighted by Crippen LogP contribution is 2.29. The fraction of sp³-hybridized carbons (Fsp3) is 0.538. The Balaban J connectivity index is 2.18. The van der Waals surface area contributed by atoms with E-state index in [9.17, 15) is 17.2 Å². The van der Waals surface area contributed by atoms with E-state index in [0.29, 0.717) is 29.7 Å². The van der Waals surface area contributed by atoms with Crippen molar-refractivity contribution < 1.29 is 21.9 Å². The van der Waals surface area contributed by atoms with Gasteiger partial charge in [-0.05, 0) is 17.7 Å². The molecule has 23 heavy (non-hydrogen) atoms. The van der Waals surface area contributed by atoms with Gasteiger partial charge in [0.15, 0.2) is 0 Å². The third-order valence-electron chi connectivity index (χ3n) is 3.52. The first-order valence-electron chi connectivity index (χ1n) is 6.85. The Morgan fingerprint density at radius 2 is 2.09 bits per heavy atom. The summed E-state index contributed by atoms with van der Waals surface area (Å²) in [5, 5.41) is 3.91. The molecular weight excluding hydrogens is 373 g/mol. The molecule has 1 fully saturated rings. The van der Waals surface area contributed by atoms with Gasteiger partial charge in [0, 0.05) is 25.6 Å². The molecule has 0 unspecified atom stereocenters. The van der Waals surface area contributed by atoms with Crippen LogP contribution < -0.4 is 10.0 Å². The molecular formula is C13H16Cl2F2N2O3S. The summed E-state index contributed by atoms with van der Waals surface area (Å²) in [7, 11) is -4.66. The van der Waals surface area contributed by atoms with Gasteiger partial charge in [0.2, 0.25) is 0 Å². The second-order valence-corrected chi connectivity index (χ2v) is 7.60. The standard InChI is InChI=1S/C13H16Cl2F2N2O3S/c14-10-2-1-8(5-11(10)15)9-6-18-3-4-22-12(9)7-19-23(20,21)13(16)17/h1-2,5,9,12-13,18-19H,3-4,6-7H2/t9-,12+/m0/s1. The van der Waals surface area contributed by atoms with Crippen LogP contribution in [0.3, 0.4) is 0 Å². The molecule has 0 aliphatic carbocycles. The summed E-state index contributed by atoms with van der Waals surface area (Å²) in [5.41, 5.74) is 0.787. The SMILES string of the molecule is O=S(=O)(NC[C@H]1OCCNC[C@H]1c1ccc(Cl)c(Cl)c1)C(F)F. The number of rotatable bonds is 5. The molecule has 1 saturated heterocycles. The lowest BCUT2D eigenvalue weighted by atomic mass is 9.93. The minimum absolute atomic E-state index is 0.251. The van der Waals surface area contributed by atoms with Gasteiger partial charge in [0.05, 0.1) is 22.8 Å². The first-order chi connectivity index (χ1) is 10.8. The zero-order chi connectivity index (χ0) is 17.0. The third kappa shape index (κ3) is 4.98. The van der Waals surface area contributed by atoms with Gasteiger partial charge < -0.3 is 10.1 Å². The van der Waals surface area contributed by atoms with Crippen molar-refractivity contribution >= 4 is 33.2 Å². The summed E-state index contributed by atoms with van der Waals surface area (Å²) in [6, 6.07) is 5.05. The fourth-order valence-corrected chi connectivity index (χ4v) is 3.15. The molecule has 5 nitrogen and oxygen atoms in total. The second kappa shape index (κ2) is 8.04. The van der Waals surface area contributed by atoms with Crippen molar-refractivity contribution in [2.75, 3.05) is 26.2 Å². The predicted molar refractivity (Wildman–Crippen MR) is 84.7 cm³/mol.